The highest BCUT2D eigenvalue weighted by Gasteiger charge is 2.24. The van der Waals surface area contributed by atoms with Crippen LogP contribution in [0.4, 0.5) is 0 Å². The molecule has 26 heavy (non-hydrogen) atoms. The van der Waals surface area contributed by atoms with Crippen LogP contribution in [0.3, 0.4) is 0 Å². The molecule has 0 radical (unpaired) electrons. The Kier molecular flexibility index (Phi) is 6.92. The molecule has 1 aromatic rings. The summed E-state index contributed by atoms with van der Waals surface area (Å²) in [5, 5.41) is 3.77. The highest BCUT2D eigenvalue weighted by Crippen LogP contribution is 2.17. The van der Waals surface area contributed by atoms with Crippen molar-refractivity contribution in [2.45, 2.75) is 44.6 Å². The second kappa shape index (κ2) is 9.38. The van der Waals surface area contributed by atoms with E-state index in [4.69, 9.17) is 11.6 Å². The molecule has 3 rings (SSSR count). The molecule has 0 unspecified atom stereocenters. The molecule has 1 saturated heterocycles. The number of piperazine rings is 1. The van der Waals surface area contributed by atoms with E-state index < -0.39 is 0 Å². The summed E-state index contributed by atoms with van der Waals surface area (Å²) >= 11 is 5.98. The minimum absolute atomic E-state index is 0.00931. The molecule has 1 aliphatic carbocycles. The lowest BCUT2D eigenvalue weighted by molar-refractivity contribution is -0.123. The average Bonchev–Trinajstić information content (AvgIpc) is 2.90. The first-order valence-electron chi connectivity index (χ1n) is 9.68. The van der Waals surface area contributed by atoms with Crippen molar-refractivity contribution in [3.05, 3.63) is 34.9 Å². The first kappa shape index (κ1) is 19.2. The van der Waals surface area contributed by atoms with Crippen molar-refractivity contribution in [3.8, 4) is 0 Å². The minimum atomic E-state index is 0.00931. The lowest BCUT2D eigenvalue weighted by Crippen LogP contribution is -2.51. The van der Waals surface area contributed by atoms with Crippen molar-refractivity contribution in [2.24, 2.45) is 0 Å². The molecule has 0 atom stereocenters. The standard InChI is InChI=1S/C20H28ClN3O2/c21-17-7-5-6-16(14-17)20(26)24-12-10-23(11-13-24)15-19(25)22-18-8-3-1-2-4-9-18/h5-7,14,18H,1-4,8-13,15H2,(H,22,25). The summed E-state index contributed by atoms with van der Waals surface area (Å²) in [5.41, 5.74) is 0.622. The number of rotatable bonds is 4. The molecule has 1 heterocycles. The van der Waals surface area contributed by atoms with Gasteiger partial charge in [-0.3, -0.25) is 14.5 Å². The molecule has 5 nitrogen and oxygen atoms in total. The molecule has 0 bridgehead atoms. The number of hydrogen-bond donors (Lipinski definition) is 1. The lowest BCUT2D eigenvalue weighted by atomic mass is 10.1. The summed E-state index contributed by atoms with van der Waals surface area (Å²) in [6.45, 7) is 3.16. The Balaban J connectivity index is 1.43. The van der Waals surface area contributed by atoms with E-state index in [9.17, 15) is 9.59 Å². The van der Waals surface area contributed by atoms with Crippen LogP contribution in [-0.2, 0) is 4.79 Å². The van der Waals surface area contributed by atoms with Crippen LogP contribution >= 0.6 is 11.6 Å². The second-order valence-corrected chi connectivity index (χ2v) is 7.77. The maximum absolute atomic E-state index is 12.5. The molecule has 2 fully saturated rings. The first-order valence-corrected chi connectivity index (χ1v) is 10.1. The quantitative estimate of drug-likeness (QED) is 0.821. The zero-order chi connectivity index (χ0) is 18.4. The van der Waals surface area contributed by atoms with E-state index in [2.05, 4.69) is 10.2 Å². The fourth-order valence-corrected chi connectivity index (χ4v) is 4.00. The molecule has 142 valence electrons. The van der Waals surface area contributed by atoms with E-state index in [1.54, 1.807) is 24.3 Å². The molecular weight excluding hydrogens is 350 g/mol. The zero-order valence-corrected chi connectivity index (χ0v) is 16.0. The fraction of sp³-hybridized carbons (Fsp3) is 0.600. The topological polar surface area (TPSA) is 52.7 Å². The van der Waals surface area contributed by atoms with Crippen LogP contribution in [0.25, 0.3) is 0 Å². The largest absolute Gasteiger partial charge is 0.352 e. The highest BCUT2D eigenvalue weighted by atomic mass is 35.5. The van der Waals surface area contributed by atoms with Crippen molar-refractivity contribution < 1.29 is 9.59 Å². The summed E-state index contributed by atoms with van der Waals surface area (Å²) in [7, 11) is 0. The molecule has 1 aliphatic heterocycles. The predicted octanol–water partition coefficient (Wildman–Crippen LogP) is 2.94. The monoisotopic (exact) mass is 377 g/mol. The Labute approximate surface area is 160 Å². The molecule has 1 aromatic carbocycles. The van der Waals surface area contributed by atoms with Gasteiger partial charge in [0.15, 0.2) is 0 Å². The molecule has 6 heteroatoms. The highest BCUT2D eigenvalue weighted by molar-refractivity contribution is 6.30. The fourth-order valence-electron chi connectivity index (χ4n) is 3.81. The van der Waals surface area contributed by atoms with Gasteiger partial charge in [-0.05, 0) is 31.0 Å². The number of nitrogens with zero attached hydrogens (tertiary/aromatic N) is 2. The maximum Gasteiger partial charge on any atom is 0.253 e. The van der Waals surface area contributed by atoms with Crippen LogP contribution in [0.1, 0.15) is 48.9 Å². The van der Waals surface area contributed by atoms with Crippen LogP contribution < -0.4 is 5.32 Å². The Morgan fingerprint density at radius 1 is 1.04 bits per heavy atom. The van der Waals surface area contributed by atoms with Gasteiger partial charge in [-0.15, -0.1) is 0 Å². The van der Waals surface area contributed by atoms with Gasteiger partial charge in [0.2, 0.25) is 5.91 Å². The van der Waals surface area contributed by atoms with Gasteiger partial charge in [0.25, 0.3) is 5.91 Å². The van der Waals surface area contributed by atoms with E-state index in [1.807, 2.05) is 4.90 Å². The first-order chi connectivity index (χ1) is 12.6. The van der Waals surface area contributed by atoms with Crippen molar-refractivity contribution in [3.63, 3.8) is 0 Å². The van der Waals surface area contributed by atoms with E-state index in [1.165, 1.54) is 25.7 Å². The Morgan fingerprint density at radius 2 is 1.73 bits per heavy atom. The third-order valence-corrected chi connectivity index (χ3v) is 5.55. The van der Waals surface area contributed by atoms with Crippen LogP contribution in [-0.4, -0.2) is 60.4 Å². The number of amides is 2. The van der Waals surface area contributed by atoms with Crippen LogP contribution in [0.15, 0.2) is 24.3 Å². The number of benzene rings is 1. The smallest absolute Gasteiger partial charge is 0.253 e. The van der Waals surface area contributed by atoms with Crippen molar-refractivity contribution in [2.75, 3.05) is 32.7 Å². The molecule has 1 saturated carbocycles. The molecule has 2 aliphatic rings. The number of halogens is 1. The Bertz CT molecular complexity index is 621. The Morgan fingerprint density at radius 3 is 2.38 bits per heavy atom. The van der Waals surface area contributed by atoms with Gasteiger partial charge in [-0.2, -0.15) is 0 Å². The third kappa shape index (κ3) is 5.45. The van der Waals surface area contributed by atoms with Crippen LogP contribution in [0, 0.1) is 0 Å². The summed E-state index contributed by atoms with van der Waals surface area (Å²) in [5.74, 6) is 0.126. The Hall–Kier alpha value is -1.59. The molecule has 0 spiro atoms. The van der Waals surface area contributed by atoms with E-state index in [0.29, 0.717) is 36.3 Å². The minimum Gasteiger partial charge on any atom is -0.352 e. The van der Waals surface area contributed by atoms with Gasteiger partial charge < -0.3 is 10.2 Å². The molecule has 1 N–H and O–H groups in total. The van der Waals surface area contributed by atoms with Crippen LogP contribution in [0.2, 0.25) is 5.02 Å². The number of hydrogen-bond acceptors (Lipinski definition) is 3. The van der Waals surface area contributed by atoms with Gasteiger partial charge in [0.1, 0.15) is 0 Å². The van der Waals surface area contributed by atoms with Crippen molar-refractivity contribution in [1.29, 1.82) is 0 Å². The van der Waals surface area contributed by atoms with Gasteiger partial charge in [0.05, 0.1) is 6.54 Å². The number of carbonyl (C=O) groups excluding carboxylic acids is 2. The van der Waals surface area contributed by atoms with E-state index in [-0.39, 0.29) is 11.8 Å². The van der Waals surface area contributed by atoms with Crippen molar-refractivity contribution >= 4 is 23.4 Å². The predicted molar refractivity (Wildman–Crippen MR) is 103 cm³/mol. The summed E-state index contributed by atoms with van der Waals surface area (Å²) in [6, 6.07) is 7.40. The SMILES string of the molecule is O=C(CN1CCN(C(=O)c2cccc(Cl)c2)CC1)NC1CCCCCC1. The second-order valence-electron chi connectivity index (χ2n) is 7.33. The summed E-state index contributed by atoms with van der Waals surface area (Å²) in [6.07, 6.45) is 7.22. The van der Waals surface area contributed by atoms with E-state index >= 15 is 0 Å². The zero-order valence-electron chi connectivity index (χ0n) is 15.3. The summed E-state index contributed by atoms with van der Waals surface area (Å²) in [4.78, 5) is 28.8. The molecule has 0 aromatic heterocycles. The van der Waals surface area contributed by atoms with Crippen molar-refractivity contribution in [1.82, 2.24) is 15.1 Å². The molecule has 2 amide bonds. The van der Waals surface area contributed by atoms with Gasteiger partial charge in [-0.25, -0.2) is 0 Å². The number of nitrogens with one attached hydrogen (secondary N) is 1. The maximum atomic E-state index is 12.5. The van der Waals surface area contributed by atoms with Crippen LogP contribution in [0.5, 0.6) is 0 Å². The van der Waals surface area contributed by atoms with Gasteiger partial charge >= 0.3 is 0 Å². The average molecular weight is 378 g/mol. The molecular formula is C20H28ClN3O2. The third-order valence-electron chi connectivity index (χ3n) is 5.32. The lowest BCUT2D eigenvalue weighted by Gasteiger charge is -2.34. The van der Waals surface area contributed by atoms with Gasteiger partial charge in [0, 0.05) is 42.8 Å². The normalized spacial score (nSPS) is 19.8. The van der Waals surface area contributed by atoms with Gasteiger partial charge in [-0.1, -0.05) is 43.4 Å². The number of carbonyl (C=O) groups is 2. The summed E-state index contributed by atoms with van der Waals surface area (Å²) < 4.78 is 0. The van der Waals surface area contributed by atoms with E-state index in [0.717, 1.165) is 25.9 Å².